The Morgan fingerprint density at radius 1 is 1.25 bits per heavy atom. The van der Waals surface area contributed by atoms with Crippen molar-refractivity contribution in [3.05, 3.63) is 59.7 Å². The SMILES string of the molecule is COC(=O)COc1ccc(/C=C2/N=C(c3ccco3)OC2=O)cc1. The van der Waals surface area contributed by atoms with Gasteiger partial charge in [0.2, 0.25) is 0 Å². The van der Waals surface area contributed by atoms with E-state index in [4.69, 9.17) is 13.9 Å². The summed E-state index contributed by atoms with van der Waals surface area (Å²) in [4.78, 5) is 27.0. The highest BCUT2D eigenvalue weighted by atomic mass is 16.6. The van der Waals surface area contributed by atoms with Gasteiger partial charge < -0.3 is 18.6 Å². The number of carbonyl (C=O) groups excluding carboxylic acids is 2. The first-order chi connectivity index (χ1) is 11.7. The van der Waals surface area contributed by atoms with Crippen molar-refractivity contribution in [2.45, 2.75) is 0 Å². The molecule has 2 aromatic rings. The van der Waals surface area contributed by atoms with E-state index in [2.05, 4.69) is 9.73 Å². The Bertz CT molecular complexity index is 802. The Labute approximate surface area is 137 Å². The molecular formula is C17H13NO6. The minimum atomic E-state index is -0.549. The summed E-state index contributed by atoms with van der Waals surface area (Å²) in [5.74, 6) is 0.0195. The number of ether oxygens (including phenoxy) is 3. The molecule has 0 aliphatic carbocycles. The fourth-order valence-electron chi connectivity index (χ4n) is 1.93. The summed E-state index contributed by atoms with van der Waals surface area (Å²) >= 11 is 0. The van der Waals surface area contributed by atoms with Crippen LogP contribution in [-0.4, -0.2) is 31.6 Å². The van der Waals surface area contributed by atoms with Crippen molar-refractivity contribution in [3.63, 3.8) is 0 Å². The van der Waals surface area contributed by atoms with Crippen molar-refractivity contribution < 1.29 is 28.2 Å². The molecule has 0 saturated carbocycles. The molecule has 7 heteroatoms. The van der Waals surface area contributed by atoms with Crippen LogP contribution in [-0.2, 0) is 19.1 Å². The molecule has 24 heavy (non-hydrogen) atoms. The van der Waals surface area contributed by atoms with Crippen LogP contribution in [0.1, 0.15) is 11.3 Å². The zero-order valence-corrected chi connectivity index (χ0v) is 12.7. The highest BCUT2D eigenvalue weighted by Gasteiger charge is 2.25. The standard InChI is InChI=1S/C17H13NO6/c1-21-15(19)10-23-12-6-4-11(5-7-12)9-13-17(20)24-16(18-13)14-3-2-8-22-14/h2-9H,10H2,1H3/b13-9+. The highest BCUT2D eigenvalue weighted by Crippen LogP contribution is 2.20. The topological polar surface area (TPSA) is 87.3 Å². The van der Waals surface area contributed by atoms with Crippen molar-refractivity contribution in [1.29, 1.82) is 0 Å². The van der Waals surface area contributed by atoms with Crippen LogP contribution in [0.15, 0.2) is 57.8 Å². The first kappa shape index (κ1) is 15.5. The van der Waals surface area contributed by atoms with Crippen LogP contribution < -0.4 is 4.74 Å². The van der Waals surface area contributed by atoms with Gasteiger partial charge in [0.05, 0.1) is 13.4 Å². The number of hydrogen-bond donors (Lipinski definition) is 0. The van der Waals surface area contributed by atoms with Gasteiger partial charge in [-0.3, -0.25) is 0 Å². The molecule has 3 rings (SSSR count). The quantitative estimate of drug-likeness (QED) is 0.618. The smallest absolute Gasteiger partial charge is 0.363 e. The largest absolute Gasteiger partial charge is 0.482 e. The molecule has 0 bridgehead atoms. The van der Waals surface area contributed by atoms with Crippen LogP contribution in [0, 0.1) is 0 Å². The Morgan fingerprint density at radius 2 is 2.04 bits per heavy atom. The predicted molar refractivity (Wildman–Crippen MR) is 83.3 cm³/mol. The number of rotatable bonds is 5. The Morgan fingerprint density at radius 3 is 2.71 bits per heavy atom. The van der Waals surface area contributed by atoms with E-state index in [-0.39, 0.29) is 18.2 Å². The Kier molecular flexibility index (Phi) is 4.42. The van der Waals surface area contributed by atoms with Gasteiger partial charge in [-0.1, -0.05) is 12.1 Å². The lowest BCUT2D eigenvalue weighted by molar-refractivity contribution is -0.142. The predicted octanol–water partition coefficient (Wildman–Crippen LogP) is 2.18. The second-order valence-corrected chi connectivity index (χ2v) is 4.75. The molecule has 0 unspecified atom stereocenters. The van der Waals surface area contributed by atoms with Crippen LogP contribution in [0.3, 0.4) is 0 Å². The minimum Gasteiger partial charge on any atom is -0.482 e. The zero-order valence-electron chi connectivity index (χ0n) is 12.7. The number of carbonyl (C=O) groups is 2. The first-order valence-corrected chi connectivity index (χ1v) is 7.02. The summed E-state index contributed by atoms with van der Waals surface area (Å²) in [5.41, 5.74) is 0.904. The van der Waals surface area contributed by atoms with Gasteiger partial charge in [-0.15, -0.1) is 0 Å². The van der Waals surface area contributed by atoms with Crippen LogP contribution in [0.5, 0.6) is 5.75 Å². The number of nitrogens with zero attached hydrogens (tertiary/aromatic N) is 1. The van der Waals surface area contributed by atoms with E-state index >= 15 is 0 Å². The van der Waals surface area contributed by atoms with E-state index in [1.807, 2.05) is 0 Å². The van der Waals surface area contributed by atoms with E-state index < -0.39 is 11.9 Å². The lowest BCUT2D eigenvalue weighted by Gasteiger charge is -2.04. The fraction of sp³-hybridized carbons (Fsp3) is 0.118. The third-order valence-electron chi connectivity index (χ3n) is 3.12. The number of aliphatic imine (C=N–C) groups is 1. The number of methoxy groups -OCH3 is 1. The van der Waals surface area contributed by atoms with Gasteiger partial charge in [0.1, 0.15) is 5.75 Å². The van der Waals surface area contributed by atoms with Gasteiger partial charge in [0.25, 0.3) is 5.90 Å². The van der Waals surface area contributed by atoms with Crippen molar-refractivity contribution in [2.75, 3.05) is 13.7 Å². The maximum Gasteiger partial charge on any atom is 0.363 e. The monoisotopic (exact) mass is 327 g/mol. The molecule has 2 heterocycles. The maximum atomic E-state index is 11.8. The van der Waals surface area contributed by atoms with Gasteiger partial charge in [-0.25, -0.2) is 14.6 Å². The molecule has 0 amide bonds. The van der Waals surface area contributed by atoms with Crippen molar-refractivity contribution in [1.82, 2.24) is 0 Å². The van der Waals surface area contributed by atoms with E-state index in [1.54, 1.807) is 42.5 Å². The van der Waals surface area contributed by atoms with E-state index in [1.165, 1.54) is 13.4 Å². The van der Waals surface area contributed by atoms with Gasteiger partial charge in [0.15, 0.2) is 18.1 Å². The molecule has 0 fully saturated rings. The maximum absolute atomic E-state index is 11.8. The summed E-state index contributed by atoms with van der Waals surface area (Å²) < 4.78 is 19.9. The van der Waals surface area contributed by atoms with Gasteiger partial charge in [-0.05, 0) is 35.9 Å². The number of furan rings is 1. The van der Waals surface area contributed by atoms with Gasteiger partial charge in [-0.2, -0.15) is 0 Å². The molecule has 0 radical (unpaired) electrons. The number of cyclic esters (lactones) is 1. The van der Waals surface area contributed by atoms with Crippen molar-refractivity contribution in [2.24, 2.45) is 4.99 Å². The Hall–Kier alpha value is -3.35. The average Bonchev–Trinajstić information content (AvgIpc) is 3.24. The number of hydrogen-bond acceptors (Lipinski definition) is 7. The second kappa shape index (κ2) is 6.82. The molecule has 0 spiro atoms. The lowest BCUT2D eigenvalue weighted by Crippen LogP contribution is -2.12. The minimum absolute atomic E-state index is 0.134. The van der Waals surface area contributed by atoms with Crippen LogP contribution in [0.2, 0.25) is 0 Å². The van der Waals surface area contributed by atoms with E-state index in [0.29, 0.717) is 11.5 Å². The molecule has 1 aliphatic heterocycles. The fourth-order valence-corrected chi connectivity index (χ4v) is 1.93. The second-order valence-electron chi connectivity index (χ2n) is 4.75. The highest BCUT2D eigenvalue weighted by molar-refractivity contribution is 6.11. The molecule has 0 saturated heterocycles. The summed E-state index contributed by atoms with van der Waals surface area (Å²) in [6.07, 6.45) is 3.06. The van der Waals surface area contributed by atoms with Crippen molar-refractivity contribution >= 4 is 23.9 Å². The third-order valence-corrected chi connectivity index (χ3v) is 3.12. The van der Waals surface area contributed by atoms with E-state index in [9.17, 15) is 9.59 Å². The zero-order chi connectivity index (χ0) is 16.9. The molecule has 7 nitrogen and oxygen atoms in total. The van der Waals surface area contributed by atoms with Crippen molar-refractivity contribution in [3.8, 4) is 5.75 Å². The van der Waals surface area contributed by atoms with Crippen LogP contribution >= 0.6 is 0 Å². The number of benzene rings is 1. The molecule has 1 aliphatic rings. The molecule has 122 valence electrons. The van der Waals surface area contributed by atoms with Crippen LogP contribution in [0.25, 0.3) is 6.08 Å². The van der Waals surface area contributed by atoms with Gasteiger partial charge in [0, 0.05) is 0 Å². The Balaban J connectivity index is 1.72. The molecule has 0 atom stereocenters. The first-order valence-electron chi connectivity index (χ1n) is 7.02. The average molecular weight is 327 g/mol. The summed E-state index contributed by atoms with van der Waals surface area (Å²) in [7, 11) is 1.29. The van der Waals surface area contributed by atoms with Crippen LogP contribution in [0.4, 0.5) is 0 Å². The molecule has 1 aromatic heterocycles. The lowest BCUT2D eigenvalue weighted by atomic mass is 10.2. The summed E-state index contributed by atoms with van der Waals surface area (Å²) in [5, 5.41) is 0. The summed E-state index contributed by atoms with van der Waals surface area (Å²) in [6.45, 7) is -0.167. The normalized spacial score (nSPS) is 15.1. The van der Waals surface area contributed by atoms with Gasteiger partial charge >= 0.3 is 11.9 Å². The molecule has 1 aromatic carbocycles. The third kappa shape index (κ3) is 3.52. The number of esters is 2. The molecule has 0 N–H and O–H groups in total. The summed E-state index contributed by atoms with van der Waals surface area (Å²) in [6, 6.07) is 10.1. The van der Waals surface area contributed by atoms with E-state index in [0.717, 1.165) is 5.56 Å². The molecular weight excluding hydrogens is 314 g/mol.